The van der Waals surface area contributed by atoms with Gasteiger partial charge in [-0.15, -0.1) is 17.7 Å². The van der Waals surface area contributed by atoms with Crippen molar-refractivity contribution in [3.63, 3.8) is 0 Å². The Hall–Kier alpha value is -4.05. The molecular formula is C43H44IrNO3-. The van der Waals surface area contributed by atoms with E-state index in [1.165, 1.54) is 28.0 Å². The molecule has 0 saturated heterocycles. The van der Waals surface area contributed by atoms with Crippen molar-refractivity contribution in [3.05, 3.63) is 114 Å². The summed E-state index contributed by atoms with van der Waals surface area (Å²) in [6.07, 6.45) is 6.89. The predicted octanol–water partition coefficient (Wildman–Crippen LogP) is 11.8. The number of nitrogens with zero attached hydrogens (tertiary/aromatic N) is 1. The van der Waals surface area contributed by atoms with Crippen LogP contribution < -0.4 is 0 Å². The number of aliphatic hydroxyl groups excluding tert-OH is 1. The molecule has 1 aliphatic carbocycles. The number of hydrogen-bond acceptors (Lipinski definition) is 4. The van der Waals surface area contributed by atoms with Crippen molar-refractivity contribution in [2.75, 3.05) is 0 Å². The van der Waals surface area contributed by atoms with E-state index in [2.05, 4.69) is 80.6 Å². The molecule has 1 N–H and O–H groups in total. The largest absolute Gasteiger partial charge is 0.512 e. The van der Waals surface area contributed by atoms with E-state index in [9.17, 15) is 9.90 Å². The fourth-order valence-corrected chi connectivity index (χ4v) is 7.31. The Morgan fingerprint density at radius 1 is 0.875 bits per heavy atom. The second-order valence-corrected chi connectivity index (χ2v) is 13.1. The Bertz CT molecular complexity index is 2100. The first kappa shape index (κ1) is 35.3. The van der Waals surface area contributed by atoms with Crippen molar-refractivity contribution in [1.82, 2.24) is 4.98 Å². The maximum absolute atomic E-state index is 11.7. The smallest absolute Gasteiger partial charge is 0.162 e. The van der Waals surface area contributed by atoms with Gasteiger partial charge < -0.3 is 14.5 Å². The first-order chi connectivity index (χ1) is 22.7. The molecule has 0 bridgehead atoms. The number of carbonyl (C=O) groups excluding carboxylic acids is 1. The molecule has 0 saturated carbocycles. The summed E-state index contributed by atoms with van der Waals surface area (Å²) in [4.78, 5) is 16.7. The van der Waals surface area contributed by atoms with Gasteiger partial charge in [0.25, 0.3) is 0 Å². The third-order valence-corrected chi connectivity index (χ3v) is 10.1. The molecule has 4 nitrogen and oxygen atoms in total. The molecule has 1 aliphatic rings. The van der Waals surface area contributed by atoms with Crippen molar-refractivity contribution in [2.45, 2.75) is 72.6 Å². The van der Waals surface area contributed by atoms with E-state index in [-0.39, 0.29) is 48.9 Å². The Morgan fingerprint density at radius 3 is 2.23 bits per heavy atom. The van der Waals surface area contributed by atoms with Crippen LogP contribution in [0.1, 0.15) is 78.4 Å². The number of hydrogen-bond donors (Lipinski definition) is 1. The molecule has 2 aromatic heterocycles. The van der Waals surface area contributed by atoms with E-state index in [0.717, 1.165) is 70.0 Å². The van der Waals surface area contributed by atoms with Gasteiger partial charge in [0, 0.05) is 55.2 Å². The molecule has 0 unspecified atom stereocenters. The van der Waals surface area contributed by atoms with Gasteiger partial charge in [0.15, 0.2) is 5.78 Å². The van der Waals surface area contributed by atoms with Crippen LogP contribution in [0.15, 0.2) is 101 Å². The minimum atomic E-state index is -0.264. The molecule has 7 rings (SSSR count). The maximum Gasteiger partial charge on any atom is 0.162 e. The van der Waals surface area contributed by atoms with Crippen molar-refractivity contribution in [1.29, 1.82) is 0 Å². The summed E-state index contributed by atoms with van der Waals surface area (Å²) < 4.78 is 6.54. The van der Waals surface area contributed by atoms with Gasteiger partial charge in [-0.1, -0.05) is 120 Å². The maximum atomic E-state index is 11.7. The average Bonchev–Trinajstić information content (AvgIpc) is 3.45. The van der Waals surface area contributed by atoms with Crippen LogP contribution in [-0.2, 0) is 30.3 Å². The molecule has 0 atom stereocenters. The number of ketones is 1. The zero-order chi connectivity index (χ0) is 33.3. The van der Waals surface area contributed by atoms with Crippen LogP contribution in [0.4, 0.5) is 0 Å². The van der Waals surface area contributed by atoms with Crippen molar-refractivity contribution in [2.24, 2.45) is 11.8 Å². The molecule has 0 fully saturated rings. The van der Waals surface area contributed by atoms with Crippen molar-refractivity contribution >= 4 is 38.5 Å². The molecule has 1 radical (unpaired) electrons. The second-order valence-electron chi connectivity index (χ2n) is 13.1. The van der Waals surface area contributed by atoms with Crippen LogP contribution in [0.2, 0.25) is 0 Å². The van der Waals surface area contributed by atoms with Crippen molar-refractivity contribution in [3.8, 4) is 22.4 Å². The summed E-state index contributed by atoms with van der Waals surface area (Å²) in [5.41, 5.74) is 8.39. The molecular weight excluding hydrogens is 771 g/mol. The number of benzene rings is 4. The van der Waals surface area contributed by atoms with Crippen LogP contribution in [0.25, 0.3) is 55.1 Å². The Labute approximate surface area is 297 Å². The molecule has 249 valence electrons. The summed E-state index contributed by atoms with van der Waals surface area (Å²) in [5.74, 6) is 0.547. The molecule has 2 heterocycles. The van der Waals surface area contributed by atoms with Crippen LogP contribution >= 0.6 is 0 Å². The van der Waals surface area contributed by atoms with E-state index in [1.54, 1.807) is 0 Å². The van der Waals surface area contributed by atoms with Crippen LogP contribution in [0.3, 0.4) is 0 Å². The molecule has 48 heavy (non-hydrogen) atoms. The summed E-state index contributed by atoms with van der Waals surface area (Å²) in [6.45, 7) is 12.7. The van der Waals surface area contributed by atoms with Gasteiger partial charge >= 0.3 is 0 Å². The van der Waals surface area contributed by atoms with Gasteiger partial charge in [-0.3, -0.25) is 4.79 Å². The molecule has 5 heteroatoms. The van der Waals surface area contributed by atoms with Gasteiger partial charge in [-0.05, 0) is 64.2 Å². The third-order valence-electron chi connectivity index (χ3n) is 10.1. The van der Waals surface area contributed by atoms with Gasteiger partial charge in [0.05, 0.1) is 11.3 Å². The van der Waals surface area contributed by atoms with Crippen LogP contribution in [0.5, 0.6) is 0 Å². The summed E-state index contributed by atoms with van der Waals surface area (Å²) >= 11 is 0. The topological polar surface area (TPSA) is 63.3 Å². The average molecular weight is 815 g/mol. The first-order valence-corrected chi connectivity index (χ1v) is 17.0. The molecule has 0 aliphatic heterocycles. The summed E-state index contributed by atoms with van der Waals surface area (Å²) in [7, 11) is 0. The minimum absolute atomic E-state index is 0. The van der Waals surface area contributed by atoms with Crippen LogP contribution in [0, 0.1) is 17.9 Å². The minimum Gasteiger partial charge on any atom is -0.512 e. The number of furan rings is 1. The van der Waals surface area contributed by atoms with E-state index in [1.807, 2.05) is 52.1 Å². The second kappa shape index (κ2) is 14.6. The number of rotatable bonds is 8. The molecule has 6 aromatic rings. The zero-order valence-electron chi connectivity index (χ0n) is 28.7. The van der Waals surface area contributed by atoms with Gasteiger partial charge in [-0.2, -0.15) is 0 Å². The Kier molecular flexibility index (Phi) is 10.7. The number of carbonyl (C=O) groups is 1. The SMILES string of the molecule is CC1(C)c2c(ncc3ccccc23)-c2[c-]ccc3oc4c(-c5ccccc5)ccc1c4c23.CCC(CC)C(=O)/C=C(\O)C(CC)CC.[Ir]. The zero-order valence-corrected chi connectivity index (χ0v) is 31.1. The summed E-state index contributed by atoms with van der Waals surface area (Å²) in [6, 6.07) is 31.0. The normalized spacial score (nSPS) is 13.4. The quantitative estimate of drug-likeness (QED) is 0.0944. The molecule has 0 spiro atoms. The first-order valence-electron chi connectivity index (χ1n) is 17.0. The Balaban J connectivity index is 0.000000243. The van der Waals surface area contributed by atoms with Gasteiger partial charge in [-0.25, -0.2) is 0 Å². The van der Waals surface area contributed by atoms with Gasteiger partial charge in [0.1, 0.15) is 5.58 Å². The van der Waals surface area contributed by atoms with E-state index in [0.29, 0.717) is 0 Å². The number of aromatic nitrogens is 1. The third kappa shape index (κ3) is 6.15. The number of allylic oxidation sites excluding steroid dienone is 2. The van der Waals surface area contributed by atoms with E-state index < -0.39 is 0 Å². The molecule has 0 amide bonds. The van der Waals surface area contributed by atoms with E-state index in [4.69, 9.17) is 9.40 Å². The number of pyridine rings is 1. The van der Waals surface area contributed by atoms with Crippen LogP contribution in [-0.4, -0.2) is 15.9 Å². The summed E-state index contributed by atoms with van der Waals surface area (Å²) in [5, 5.41) is 14.5. The number of aliphatic hydroxyl groups is 1. The monoisotopic (exact) mass is 815 g/mol. The van der Waals surface area contributed by atoms with E-state index >= 15 is 0 Å². The van der Waals surface area contributed by atoms with Crippen molar-refractivity contribution < 1.29 is 34.4 Å². The fourth-order valence-electron chi connectivity index (χ4n) is 7.31. The Morgan fingerprint density at radius 2 is 1.54 bits per heavy atom. The number of fused-ring (bicyclic) bond motifs is 4. The standard InChI is InChI=1S/C30H20NO.C13H24O2.Ir/c1-30(2)23-16-15-21(18-9-4-3-5-10-18)29-26(23)25-22(13-8-14-24(25)32-29)28-27(30)20-12-7-6-11-19(20)17-31-28;1-5-10(6-2)12(14)9-13(15)11(7-3)8-4;/h3-12,14-17H,1-2H3;9-11,14H,5-8H2,1-4H3;/q-1;;/b;12-9-;. The van der Waals surface area contributed by atoms with Gasteiger partial charge in [0.2, 0.25) is 0 Å². The predicted molar refractivity (Wildman–Crippen MR) is 195 cm³/mol. The fraction of sp³-hybridized carbons (Fsp3) is 0.302. The molecule has 4 aromatic carbocycles.